The summed E-state index contributed by atoms with van der Waals surface area (Å²) in [6.07, 6.45) is 7.60. The van der Waals surface area contributed by atoms with Gasteiger partial charge >= 0.3 is 0 Å². The first-order chi connectivity index (χ1) is 10.2. The second-order valence-corrected chi connectivity index (χ2v) is 6.81. The minimum absolute atomic E-state index is 0.0632. The zero-order valence-corrected chi connectivity index (χ0v) is 13.1. The van der Waals surface area contributed by atoms with Crippen molar-refractivity contribution in [3.63, 3.8) is 0 Å². The molecule has 1 aliphatic carbocycles. The highest BCUT2D eigenvalue weighted by molar-refractivity contribution is 5.18. The highest BCUT2D eigenvalue weighted by atomic mass is 19.1. The van der Waals surface area contributed by atoms with Crippen LogP contribution in [0.1, 0.15) is 51.0 Å². The average molecular weight is 290 g/mol. The second-order valence-electron chi connectivity index (χ2n) is 6.81. The Bertz CT molecular complexity index is 468. The Balaban J connectivity index is 1.75. The van der Waals surface area contributed by atoms with Gasteiger partial charge in [-0.05, 0) is 25.3 Å². The molecule has 1 atom stereocenters. The number of nitrogens with zero attached hydrogens (tertiary/aromatic N) is 1. The van der Waals surface area contributed by atoms with Crippen molar-refractivity contribution in [2.45, 2.75) is 63.6 Å². The number of hydrogen-bond donors (Lipinski definition) is 1. The van der Waals surface area contributed by atoms with Crippen molar-refractivity contribution in [2.75, 3.05) is 13.1 Å². The van der Waals surface area contributed by atoms with E-state index < -0.39 is 0 Å². The minimum Gasteiger partial charge on any atom is -0.308 e. The molecule has 1 aliphatic heterocycles. The Morgan fingerprint density at radius 2 is 2.05 bits per heavy atom. The third kappa shape index (κ3) is 3.29. The number of halogens is 1. The molecule has 21 heavy (non-hydrogen) atoms. The van der Waals surface area contributed by atoms with E-state index in [2.05, 4.69) is 17.1 Å². The van der Waals surface area contributed by atoms with E-state index in [1.165, 1.54) is 38.5 Å². The molecule has 116 valence electrons. The van der Waals surface area contributed by atoms with Crippen molar-refractivity contribution in [1.29, 1.82) is 0 Å². The summed E-state index contributed by atoms with van der Waals surface area (Å²) in [5.74, 6) is -0.0632. The fraction of sp³-hybridized carbons (Fsp3) is 0.667. The number of benzene rings is 1. The standard InChI is InChI=1S/C18H27FN2/c1-2-7-16-12-20-18(10-5-6-11-18)14-21(16)13-15-8-3-4-9-17(15)19/h3-4,8-9,16,20H,2,5-7,10-14H2,1H3. The molecule has 0 amide bonds. The molecule has 2 fully saturated rings. The molecule has 1 saturated heterocycles. The van der Waals surface area contributed by atoms with Gasteiger partial charge in [-0.3, -0.25) is 4.90 Å². The molecular weight excluding hydrogens is 263 g/mol. The zero-order valence-electron chi connectivity index (χ0n) is 13.1. The lowest BCUT2D eigenvalue weighted by Gasteiger charge is -2.46. The van der Waals surface area contributed by atoms with Crippen molar-refractivity contribution in [2.24, 2.45) is 0 Å². The van der Waals surface area contributed by atoms with Crippen molar-refractivity contribution >= 4 is 0 Å². The summed E-state index contributed by atoms with van der Waals surface area (Å²) in [5.41, 5.74) is 1.14. The van der Waals surface area contributed by atoms with Crippen molar-refractivity contribution in [3.8, 4) is 0 Å². The second kappa shape index (κ2) is 6.45. The Hall–Kier alpha value is -0.930. The molecule has 0 bridgehead atoms. The van der Waals surface area contributed by atoms with Gasteiger partial charge in [0.15, 0.2) is 0 Å². The average Bonchev–Trinajstić information content (AvgIpc) is 2.93. The van der Waals surface area contributed by atoms with E-state index in [0.717, 1.165) is 25.2 Å². The van der Waals surface area contributed by atoms with Gasteiger partial charge in [-0.25, -0.2) is 4.39 Å². The van der Waals surface area contributed by atoms with Crippen LogP contribution in [0.3, 0.4) is 0 Å². The Labute approximate surface area is 127 Å². The zero-order chi connectivity index (χ0) is 14.7. The maximum Gasteiger partial charge on any atom is 0.127 e. The van der Waals surface area contributed by atoms with Gasteiger partial charge in [-0.1, -0.05) is 44.4 Å². The van der Waals surface area contributed by atoms with Crippen LogP contribution in [-0.2, 0) is 6.54 Å². The maximum atomic E-state index is 14.0. The van der Waals surface area contributed by atoms with Crippen LogP contribution in [-0.4, -0.2) is 29.6 Å². The van der Waals surface area contributed by atoms with Crippen molar-refractivity contribution < 1.29 is 4.39 Å². The van der Waals surface area contributed by atoms with Crippen LogP contribution in [0.25, 0.3) is 0 Å². The Morgan fingerprint density at radius 1 is 1.29 bits per heavy atom. The van der Waals surface area contributed by atoms with Crippen LogP contribution in [0, 0.1) is 5.82 Å². The normalized spacial score (nSPS) is 25.5. The highest BCUT2D eigenvalue weighted by Crippen LogP contribution is 2.34. The van der Waals surface area contributed by atoms with E-state index in [9.17, 15) is 4.39 Å². The topological polar surface area (TPSA) is 15.3 Å². The fourth-order valence-electron chi connectivity index (χ4n) is 4.07. The van der Waals surface area contributed by atoms with Crippen molar-refractivity contribution in [3.05, 3.63) is 35.6 Å². The lowest BCUT2D eigenvalue weighted by atomic mass is 9.91. The molecule has 1 aromatic rings. The third-order valence-corrected chi connectivity index (χ3v) is 5.25. The maximum absolute atomic E-state index is 14.0. The van der Waals surface area contributed by atoms with Crippen LogP contribution in [0.2, 0.25) is 0 Å². The molecular formula is C18H27FN2. The van der Waals surface area contributed by atoms with E-state index in [1.54, 1.807) is 12.1 Å². The first-order valence-corrected chi connectivity index (χ1v) is 8.45. The molecule has 1 aromatic carbocycles. The number of rotatable bonds is 4. The summed E-state index contributed by atoms with van der Waals surface area (Å²) in [4.78, 5) is 2.53. The smallest absolute Gasteiger partial charge is 0.127 e. The van der Waals surface area contributed by atoms with Gasteiger partial charge in [0.05, 0.1) is 0 Å². The van der Waals surface area contributed by atoms with Crippen LogP contribution in [0.5, 0.6) is 0 Å². The van der Waals surface area contributed by atoms with Crippen LogP contribution in [0.15, 0.2) is 24.3 Å². The predicted octanol–water partition coefficient (Wildman–Crippen LogP) is 3.71. The monoisotopic (exact) mass is 290 g/mol. The lowest BCUT2D eigenvalue weighted by Crippen LogP contribution is -2.62. The number of nitrogens with one attached hydrogen (secondary N) is 1. The van der Waals surface area contributed by atoms with Gasteiger partial charge in [0.25, 0.3) is 0 Å². The molecule has 0 radical (unpaired) electrons. The Morgan fingerprint density at radius 3 is 2.76 bits per heavy atom. The van der Waals surface area contributed by atoms with Crippen LogP contribution >= 0.6 is 0 Å². The quantitative estimate of drug-likeness (QED) is 0.909. The molecule has 3 rings (SSSR count). The molecule has 0 aromatic heterocycles. The molecule has 1 heterocycles. The molecule has 1 spiro atoms. The van der Waals surface area contributed by atoms with Crippen molar-refractivity contribution in [1.82, 2.24) is 10.2 Å². The SMILES string of the molecule is CCCC1CNC2(CCCC2)CN1Cc1ccccc1F. The van der Waals surface area contributed by atoms with E-state index in [0.29, 0.717) is 11.6 Å². The number of hydrogen-bond acceptors (Lipinski definition) is 2. The summed E-state index contributed by atoms with van der Waals surface area (Å²) < 4.78 is 14.0. The molecule has 2 aliphatic rings. The van der Waals surface area contributed by atoms with Gasteiger partial charge in [0.2, 0.25) is 0 Å². The van der Waals surface area contributed by atoms with Crippen LogP contribution < -0.4 is 5.32 Å². The largest absolute Gasteiger partial charge is 0.308 e. The molecule has 3 heteroatoms. The summed E-state index contributed by atoms with van der Waals surface area (Å²) in [6, 6.07) is 7.78. The summed E-state index contributed by atoms with van der Waals surface area (Å²) >= 11 is 0. The summed E-state index contributed by atoms with van der Waals surface area (Å²) in [6.45, 7) is 5.12. The van der Waals surface area contributed by atoms with Gasteiger partial charge < -0.3 is 5.32 Å². The van der Waals surface area contributed by atoms with Gasteiger partial charge in [-0.15, -0.1) is 0 Å². The Kier molecular flexibility index (Phi) is 4.60. The third-order valence-electron chi connectivity index (χ3n) is 5.25. The van der Waals surface area contributed by atoms with Crippen LogP contribution in [0.4, 0.5) is 4.39 Å². The van der Waals surface area contributed by atoms with E-state index in [-0.39, 0.29) is 5.82 Å². The first kappa shape index (κ1) is 15.0. The highest BCUT2D eigenvalue weighted by Gasteiger charge is 2.40. The summed E-state index contributed by atoms with van der Waals surface area (Å²) in [7, 11) is 0. The molecule has 1 saturated carbocycles. The van der Waals surface area contributed by atoms with E-state index >= 15 is 0 Å². The molecule has 1 N–H and O–H groups in total. The molecule has 2 nitrogen and oxygen atoms in total. The summed E-state index contributed by atoms with van der Waals surface area (Å²) in [5, 5.41) is 3.82. The van der Waals surface area contributed by atoms with E-state index in [1.807, 2.05) is 12.1 Å². The lowest BCUT2D eigenvalue weighted by molar-refractivity contribution is 0.0680. The fourth-order valence-corrected chi connectivity index (χ4v) is 4.07. The molecule has 1 unspecified atom stereocenters. The van der Waals surface area contributed by atoms with Gasteiger partial charge in [-0.2, -0.15) is 0 Å². The van der Waals surface area contributed by atoms with Gasteiger partial charge in [0.1, 0.15) is 5.82 Å². The van der Waals surface area contributed by atoms with Gasteiger partial charge in [0, 0.05) is 36.8 Å². The minimum atomic E-state index is -0.0632. The predicted molar refractivity (Wildman–Crippen MR) is 84.7 cm³/mol. The first-order valence-electron chi connectivity index (χ1n) is 8.45. The van der Waals surface area contributed by atoms with E-state index in [4.69, 9.17) is 0 Å². The number of piperazine rings is 1.